The Morgan fingerprint density at radius 3 is 2.60 bits per heavy atom. The summed E-state index contributed by atoms with van der Waals surface area (Å²) in [5, 5.41) is 9.79. The second-order valence-corrected chi connectivity index (χ2v) is 3.61. The molecule has 0 aliphatic carbocycles. The summed E-state index contributed by atoms with van der Waals surface area (Å²) in [5.41, 5.74) is 2.63. The van der Waals surface area contributed by atoms with Crippen molar-refractivity contribution in [1.82, 2.24) is 4.98 Å². The number of nitrogens with zero attached hydrogens (tertiary/aromatic N) is 1. The fourth-order valence-electron chi connectivity index (χ4n) is 1.44. The summed E-state index contributed by atoms with van der Waals surface area (Å²) in [6.45, 7) is 0.0144. The lowest BCUT2D eigenvalue weighted by atomic mass is 10.0. The molecule has 15 heavy (non-hydrogen) atoms. The lowest BCUT2D eigenvalue weighted by molar-refractivity contribution is 0.282. The van der Waals surface area contributed by atoms with Gasteiger partial charge in [-0.05, 0) is 17.7 Å². The maximum atomic E-state index is 9.18. The van der Waals surface area contributed by atoms with Crippen LogP contribution in [0.25, 0.3) is 11.3 Å². The Labute approximate surface area is 93.2 Å². The molecule has 0 bridgehead atoms. The summed E-state index contributed by atoms with van der Waals surface area (Å²) >= 11 is 5.76. The molecular weight excluding hydrogens is 210 g/mol. The lowest BCUT2D eigenvalue weighted by Gasteiger charge is -2.05. The molecule has 0 radical (unpaired) electrons. The van der Waals surface area contributed by atoms with Gasteiger partial charge in [-0.15, -0.1) is 0 Å². The number of aliphatic hydroxyl groups excluding tert-OH is 1. The van der Waals surface area contributed by atoms with E-state index >= 15 is 0 Å². The van der Waals surface area contributed by atoms with E-state index in [1.165, 1.54) is 0 Å². The van der Waals surface area contributed by atoms with Crippen LogP contribution in [0.3, 0.4) is 0 Å². The van der Waals surface area contributed by atoms with E-state index in [0.29, 0.717) is 5.02 Å². The molecule has 0 unspecified atom stereocenters. The van der Waals surface area contributed by atoms with E-state index in [1.807, 2.05) is 30.3 Å². The number of benzene rings is 1. The van der Waals surface area contributed by atoms with Gasteiger partial charge in [0.1, 0.15) is 0 Å². The molecule has 2 aromatic rings. The third-order valence-electron chi connectivity index (χ3n) is 2.19. The number of halogens is 1. The topological polar surface area (TPSA) is 33.1 Å². The van der Waals surface area contributed by atoms with Gasteiger partial charge in [0.25, 0.3) is 0 Å². The van der Waals surface area contributed by atoms with Crippen molar-refractivity contribution in [1.29, 1.82) is 0 Å². The van der Waals surface area contributed by atoms with Crippen LogP contribution in [-0.2, 0) is 6.61 Å². The summed E-state index contributed by atoms with van der Waals surface area (Å²) in [5.74, 6) is 0. The van der Waals surface area contributed by atoms with Gasteiger partial charge in [-0.2, -0.15) is 0 Å². The molecule has 1 aromatic carbocycles. The maximum absolute atomic E-state index is 9.18. The molecule has 3 heteroatoms. The molecule has 0 saturated carbocycles. The predicted octanol–water partition coefficient (Wildman–Crippen LogP) is 2.89. The number of hydrogen-bond donors (Lipinski definition) is 1. The maximum Gasteiger partial charge on any atom is 0.0706 e. The van der Waals surface area contributed by atoms with Gasteiger partial charge in [0, 0.05) is 11.8 Å². The summed E-state index contributed by atoms with van der Waals surface area (Å²) in [6, 6.07) is 11.3. The van der Waals surface area contributed by atoms with E-state index in [0.717, 1.165) is 16.8 Å². The van der Waals surface area contributed by atoms with Gasteiger partial charge in [-0.25, -0.2) is 0 Å². The Bertz CT molecular complexity index is 453. The van der Waals surface area contributed by atoms with Gasteiger partial charge >= 0.3 is 0 Å². The Hall–Kier alpha value is -1.38. The molecule has 0 aliphatic rings. The van der Waals surface area contributed by atoms with E-state index in [9.17, 15) is 5.11 Å². The van der Waals surface area contributed by atoms with Crippen molar-refractivity contribution in [3.63, 3.8) is 0 Å². The van der Waals surface area contributed by atoms with Crippen LogP contribution >= 0.6 is 11.6 Å². The number of aliphatic hydroxyl groups is 1. The Morgan fingerprint density at radius 2 is 1.93 bits per heavy atom. The predicted molar refractivity (Wildman–Crippen MR) is 60.6 cm³/mol. The largest absolute Gasteiger partial charge is 0.392 e. The third kappa shape index (κ3) is 2.17. The first kappa shape index (κ1) is 10.1. The summed E-state index contributed by atoms with van der Waals surface area (Å²) in [7, 11) is 0. The molecule has 76 valence electrons. The van der Waals surface area contributed by atoms with Gasteiger partial charge in [-0.3, -0.25) is 4.98 Å². The van der Waals surface area contributed by atoms with Gasteiger partial charge in [0.05, 0.1) is 17.3 Å². The second-order valence-electron chi connectivity index (χ2n) is 3.18. The highest BCUT2D eigenvalue weighted by molar-refractivity contribution is 6.30. The molecule has 0 saturated heterocycles. The second kappa shape index (κ2) is 4.43. The molecule has 1 aromatic heterocycles. The van der Waals surface area contributed by atoms with Gasteiger partial charge in [0.15, 0.2) is 0 Å². The first-order valence-corrected chi connectivity index (χ1v) is 5.00. The average Bonchev–Trinajstić information content (AvgIpc) is 2.30. The highest BCUT2D eigenvalue weighted by Crippen LogP contribution is 2.22. The van der Waals surface area contributed by atoms with Crippen molar-refractivity contribution < 1.29 is 5.11 Å². The normalized spacial score (nSPS) is 10.3. The monoisotopic (exact) mass is 219 g/mol. The summed E-state index contributed by atoms with van der Waals surface area (Å²) in [4.78, 5) is 4.21. The standard InChI is InChI=1S/C12H10ClNO/c13-10-5-6-12(14-7-10)11-4-2-1-3-9(11)8-15/h1-7,15H,8H2. The van der Waals surface area contributed by atoms with Crippen LogP contribution in [0.4, 0.5) is 0 Å². The summed E-state index contributed by atoms with van der Waals surface area (Å²) < 4.78 is 0. The van der Waals surface area contributed by atoms with Crippen LogP contribution in [0.1, 0.15) is 5.56 Å². The molecule has 1 heterocycles. The van der Waals surface area contributed by atoms with Crippen molar-refractivity contribution >= 4 is 11.6 Å². The fraction of sp³-hybridized carbons (Fsp3) is 0.0833. The Balaban J connectivity index is 2.49. The molecule has 0 fully saturated rings. The van der Waals surface area contributed by atoms with Crippen LogP contribution in [0.5, 0.6) is 0 Å². The average molecular weight is 220 g/mol. The Kier molecular flexibility index (Phi) is 2.99. The third-order valence-corrected chi connectivity index (χ3v) is 2.41. The minimum absolute atomic E-state index is 0.0144. The fourth-order valence-corrected chi connectivity index (χ4v) is 1.55. The number of rotatable bonds is 2. The van der Waals surface area contributed by atoms with Crippen molar-refractivity contribution in [2.45, 2.75) is 6.61 Å². The van der Waals surface area contributed by atoms with E-state index in [4.69, 9.17) is 11.6 Å². The van der Waals surface area contributed by atoms with Crippen LogP contribution in [0.2, 0.25) is 5.02 Å². The molecule has 1 N–H and O–H groups in total. The van der Waals surface area contributed by atoms with E-state index in [-0.39, 0.29) is 6.61 Å². The number of pyridine rings is 1. The van der Waals surface area contributed by atoms with Crippen LogP contribution < -0.4 is 0 Å². The van der Waals surface area contributed by atoms with E-state index in [1.54, 1.807) is 12.3 Å². The molecule has 0 aliphatic heterocycles. The van der Waals surface area contributed by atoms with Crippen LogP contribution in [0.15, 0.2) is 42.6 Å². The molecule has 2 nitrogen and oxygen atoms in total. The first-order chi connectivity index (χ1) is 7.31. The minimum Gasteiger partial charge on any atom is -0.392 e. The first-order valence-electron chi connectivity index (χ1n) is 4.62. The lowest BCUT2D eigenvalue weighted by Crippen LogP contribution is -1.90. The zero-order valence-electron chi connectivity index (χ0n) is 8.02. The molecule has 0 amide bonds. The van der Waals surface area contributed by atoms with E-state index in [2.05, 4.69) is 4.98 Å². The molecule has 0 atom stereocenters. The SMILES string of the molecule is OCc1ccccc1-c1ccc(Cl)cn1. The van der Waals surface area contributed by atoms with Gasteiger partial charge in [0.2, 0.25) is 0 Å². The van der Waals surface area contributed by atoms with Crippen molar-refractivity contribution in [2.75, 3.05) is 0 Å². The highest BCUT2D eigenvalue weighted by atomic mass is 35.5. The van der Waals surface area contributed by atoms with E-state index < -0.39 is 0 Å². The minimum atomic E-state index is 0.0144. The quantitative estimate of drug-likeness (QED) is 0.843. The number of aromatic nitrogens is 1. The molecule has 0 spiro atoms. The Morgan fingerprint density at radius 1 is 1.13 bits per heavy atom. The van der Waals surface area contributed by atoms with Crippen LogP contribution in [0, 0.1) is 0 Å². The molecule has 2 rings (SSSR count). The van der Waals surface area contributed by atoms with Crippen molar-refractivity contribution in [3.8, 4) is 11.3 Å². The van der Waals surface area contributed by atoms with Crippen molar-refractivity contribution in [2.24, 2.45) is 0 Å². The highest BCUT2D eigenvalue weighted by Gasteiger charge is 2.04. The zero-order valence-corrected chi connectivity index (χ0v) is 8.78. The summed E-state index contributed by atoms with van der Waals surface area (Å²) in [6.07, 6.45) is 1.60. The van der Waals surface area contributed by atoms with Gasteiger partial charge in [-0.1, -0.05) is 35.9 Å². The number of hydrogen-bond acceptors (Lipinski definition) is 2. The smallest absolute Gasteiger partial charge is 0.0706 e. The zero-order chi connectivity index (χ0) is 10.7. The van der Waals surface area contributed by atoms with Crippen LogP contribution in [-0.4, -0.2) is 10.1 Å². The van der Waals surface area contributed by atoms with Crippen molar-refractivity contribution in [3.05, 3.63) is 53.2 Å². The van der Waals surface area contributed by atoms with Gasteiger partial charge < -0.3 is 5.11 Å². The molecular formula is C12H10ClNO.